The predicted octanol–water partition coefficient (Wildman–Crippen LogP) is 1.52. The van der Waals surface area contributed by atoms with Gasteiger partial charge in [-0.3, -0.25) is 9.36 Å². The molecule has 0 spiro atoms. The molecule has 116 valence electrons. The fourth-order valence-electron chi connectivity index (χ4n) is 2.84. The van der Waals surface area contributed by atoms with E-state index in [9.17, 15) is 9.59 Å². The van der Waals surface area contributed by atoms with Gasteiger partial charge in [-0.05, 0) is 37.0 Å². The number of nitrogens with zero attached hydrogens (tertiary/aromatic N) is 4. The summed E-state index contributed by atoms with van der Waals surface area (Å²) in [5.41, 5.74) is 2.61. The Morgan fingerprint density at radius 1 is 1.41 bits per heavy atom. The first kappa shape index (κ1) is 14.8. The lowest BCUT2D eigenvalue weighted by molar-refractivity contribution is -0.119. The maximum absolute atomic E-state index is 12.6. The number of hydrogen-bond donors (Lipinski definition) is 0. The van der Waals surface area contributed by atoms with Gasteiger partial charge in [0.2, 0.25) is 5.91 Å². The maximum Gasteiger partial charge on any atom is 0.345 e. The summed E-state index contributed by atoms with van der Waals surface area (Å²) in [6, 6.07) is 3.84. The summed E-state index contributed by atoms with van der Waals surface area (Å²) in [7, 11) is 1.61. The largest absolute Gasteiger partial charge is 0.345 e. The summed E-state index contributed by atoms with van der Waals surface area (Å²) >= 11 is 6.20. The monoisotopic (exact) mass is 320 g/mol. The highest BCUT2D eigenvalue weighted by Gasteiger charge is 2.25. The zero-order chi connectivity index (χ0) is 15.9. The van der Waals surface area contributed by atoms with E-state index < -0.39 is 0 Å². The highest BCUT2D eigenvalue weighted by Crippen LogP contribution is 2.34. The molecule has 1 amide bonds. The minimum Gasteiger partial charge on any atom is -0.310 e. The van der Waals surface area contributed by atoms with Crippen molar-refractivity contribution in [2.45, 2.75) is 26.3 Å². The van der Waals surface area contributed by atoms with Crippen LogP contribution in [0.1, 0.15) is 17.5 Å². The van der Waals surface area contributed by atoms with Crippen LogP contribution in [-0.4, -0.2) is 26.8 Å². The number of hydrogen-bond acceptors (Lipinski definition) is 3. The molecule has 2 heterocycles. The molecule has 3 rings (SSSR count). The highest BCUT2D eigenvalue weighted by atomic mass is 35.5. The number of amides is 1. The van der Waals surface area contributed by atoms with Gasteiger partial charge < -0.3 is 4.90 Å². The first-order valence-corrected chi connectivity index (χ1v) is 7.53. The van der Waals surface area contributed by atoms with Crippen molar-refractivity contribution < 1.29 is 4.79 Å². The van der Waals surface area contributed by atoms with E-state index in [-0.39, 0.29) is 18.1 Å². The van der Waals surface area contributed by atoms with Crippen LogP contribution in [0.2, 0.25) is 5.02 Å². The quantitative estimate of drug-likeness (QED) is 0.843. The lowest BCUT2D eigenvalue weighted by Gasteiger charge is -2.31. The minimum atomic E-state index is -0.298. The Hall–Kier alpha value is -2.08. The second-order valence-electron chi connectivity index (χ2n) is 5.51. The van der Waals surface area contributed by atoms with Crippen molar-refractivity contribution in [1.82, 2.24) is 14.3 Å². The van der Waals surface area contributed by atoms with Crippen molar-refractivity contribution in [2.75, 3.05) is 11.4 Å². The molecule has 0 N–H and O–H groups in total. The average Bonchev–Trinajstić information content (AvgIpc) is 2.82. The summed E-state index contributed by atoms with van der Waals surface area (Å²) < 4.78 is 2.52. The number of rotatable bonds is 2. The lowest BCUT2D eigenvalue weighted by Crippen LogP contribution is -2.40. The molecule has 0 radical (unpaired) electrons. The fourth-order valence-corrected chi connectivity index (χ4v) is 2.99. The van der Waals surface area contributed by atoms with Crippen LogP contribution in [0.5, 0.6) is 0 Å². The summed E-state index contributed by atoms with van der Waals surface area (Å²) in [6.45, 7) is 2.49. The molecule has 0 saturated heterocycles. The Bertz CT molecular complexity index is 793. The average molecular weight is 321 g/mol. The molecule has 7 heteroatoms. The molecule has 0 aliphatic carbocycles. The summed E-state index contributed by atoms with van der Waals surface area (Å²) in [6.07, 6.45) is 3.24. The summed E-state index contributed by atoms with van der Waals surface area (Å²) in [5.74, 6) is -0.146. The molecule has 22 heavy (non-hydrogen) atoms. The van der Waals surface area contributed by atoms with Gasteiger partial charge in [-0.25, -0.2) is 9.48 Å². The predicted molar refractivity (Wildman–Crippen MR) is 84.3 cm³/mol. The van der Waals surface area contributed by atoms with Gasteiger partial charge >= 0.3 is 5.69 Å². The van der Waals surface area contributed by atoms with E-state index in [0.29, 0.717) is 11.6 Å². The van der Waals surface area contributed by atoms with E-state index in [4.69, 9.17) is 11.6 Å². The van der Waals surface area contributed by atoms with Crippen LogP contribution < -0.4 is 10.6 Å². The van der Waals surface area contributed by atoms with Crippen LogP contribution in [0.15, 0.2) is 23.3 Å². The second kappa shape index (κ2) is 5.61. The van der Waals surface area contributed by atoms with E-state index in [1.165, 1.54) is 15.6 Å². The van der Waals surface area contributed by atoms with Crippen LogP contribution >= 0.6 is 11.6 Å². The van der Waals surface area contributed by atoms with Crippen molar-refractivity contribution in [3.05, 3.63) is 45.1 Å². The third-order valence-corrected chi connectivity index (χ3v) is 4.43. The number of carbonyl (C=O) groups excluding carboxylic acids is 1. The standard InChI is InChI=1S/C15H17ClN4O2/c1-10-12(16)6-5-11-4-3-7-19(14(10)11)13(21)8-20-15(22)18(2)9-17-20/h5-6,9H,3-4,7-8H2,1-2H3. The van der Waals surface area contributed by atoms with Crippen molar-refractivity contribution in [3.8, 4) is 0 Å². The Balaban J connectivity index is 1.94. The molecule has 2 aromatic rings. The molecule has 0 saturated carbocycles. The van der Waals surface area contributed by atoms with Gasteiger partial charge in [0.05, 0.1) is 5.69 Å². The smallest absolute Gasteiger partial charge is 0.310 e. The van der Waals surface area contributed by atoms with Crippen LogP contribution in [0.4, 0.5) is 5.69 Å². The highest BCUT2D eigenvalue weighted by molar-refractivity contribution is 6.31. The van der Waals surface area contributed by atoms with Crippen molar-refractivity contribution in [1.29, 1.82) is 0 Å². The third kappa shape index (κ3) is 2.43. The first-order valence-electron chi connectivity index (χ1n) is 7.16. The lowest BCUT2D eigenvalue weighted by atomic mass is 9.98. The number of aromatic nitrogens is 3. The number of fused-ring (bicyclic) bond motifs is 1. The molecule has 0 atom stereocenters. The fraction of sp³-hybridized carbons (Fsp3) is 0.400. The Kier molecular flexibility index (Phi) is 3.78. The molecule has 6 nitrogen and oxygen atoms in total. The zero-order valence-corrected chi connectivity index (χ0v) is 13.3. The Morgan fingerprint density at radius 2 is 2.18 bits per heavy atom. The first-order chi connectivity index (χ1) is 10.5. The summed E-state index contributed by atoms with van der Waals surface area (Å²) in [4.78, 5) is 26.2. The summed E-state index contributed by atoms with van der Waals surface area (Å²) in [5, 5.41) is 4.59. The van der Waals surface area contributed by atoms with Gasteiger partial charge in [0, 0.05) is 18.6 Å². The number of anilines is 1. The van der Waals surface area contributed by atoms with E-state index in [0.717, 1.165) is 29.7 Å². The molecule has 0 bridgehead atoms. The van der Waals surface area contributed by atoms with E-state index >= 15 is 0 Å². The molecule has 1 aromatic heterocycles. The van der Waals surface area contributed by atoms with Crippen molar-refractivity contribution in [3.63, 3.8) is 0 Å². The normalized spacial score (nSPS) is 14.0. The minimum absolute atomic E-state index is 0.0644. The number of halogens is 1. The van der Waals surface area contributed by atoms with Crippen LogP contribution in [0.3, 0.4) is 0 Å². The Labute approximate surface area is 132 Å². The second-order valence-corrected chi connectivity index (χ2v) is 5.92. The zero-order valence-electron chi connectivity index (χ0n) is 12.5. The topological polar surface area (TPSA) is 60.1 Å². The number of aryl methyl sites for hydroxylation is 2. The van der Waals surface area contributed by atoms with Gasteiger partial charge in [-0.15, -0.1) is 0 Å². The maximum atomic E-state index is 12.6. The van der Waals surface area contributed by atoms with E-state index in [1.807, 2.05) is 19.1 Å². The number of carbonyl (C=O) groups is 1. The molecular weight excluding hydrogens is 304 g/mol. The van der Waals surface area contributed by atoms with E-state index in [1.54, 1.807) is 11.9 Å². The van der Waals surface area contributed by atoms with Gasteiger partial charge in [0.15, 0.2) is 0 Å². The van der Waals surface area contributed by atoms with Crippen molar-refractivity contribution in [2.24, 2.45) is 7.05 Å². The third-order valence-electron chi connectivity index (χ3n) is 4.02. The van der Waals surface area contributed by atoms with Gasteiger partial charge in [0.25, 0.3) is 0 Å². The molecule has 0 unspecified atom stereocenters. The van der Waals surface area contributed by atoms with Crippen LogP contribution in [0, 0.1) is 6.92 Å². The van der Waals surface area contributed by atoms with E-state index in [2.05, 4.69) is 5.10 Å². The molecule has 1 aliphatic heterocycles. The molecular formula is C15H17ClN4O2. The number of benzene rings is 1. The van der Waals surface area contributed by atoms with Gasteiger partial charge in [-0.1, -0.05) is 17.7 Å². The SMILES string of the molecule is Cc1c(Cl)ccc2c1N(C(=O)Cn1ncn(C)c1=O)CCC2. The molecule has 0 fully saturated rings. The Morgan fingerprint density at radius 3 is 2.86 bits per heavy atom. The molecule has 1 aromatic carbocycles. The van der Waals surface area contributed by atoms with Crippen LogP contribution in [-0.2, 0) is 24.8 Å². The van der Waals surface area contributed by atoms with Crippen molar-refractivity contribution >= 4 is 23.2 Å². The van der Waals surface area contributed by atoms with Crippen LogP contribution in [0.25, 0.3) is 0 Å². The van der Waals surface area contributed by atoms with Gasteiger partial charge in [0.1, 0.15) is 12.9 Å². The molecule has 1 aliphatic rings. The van der Waals surface area contributed by atoms with Gasteiger partial charge in [-0.2, -0.15) is 5.10 Å².